The number of nitrogens with zero attached hydrogens (tertiary/aromatic N) is 3. The van der Waals surface area contributed by atoms with Crippen LogP contribution in [0.15, 0.2) is 40.3 Å². The Labute approximate surface area is 206 Å². The largest absolute Gasteiger partial charge is 0.467 e. The van der Waals surface area contributed by atoms with Crippen LogP contribution in [0.5, 0.6) is 0 Å². The lowest BCUT2D eigenvalue weighted by atomic mass is 9.98. The summed E-state index contributed by atoms with van der Waals surface area (Å²) in [6.07, 6.45) is 2.84. The number of furan rings is 1. The highest BCUT2D eigenvalue weighted by molar-refractivity contribution is 7.12. The molecule has 0 bridgehead atoms. The number of anilines is 1. The number of rotatable bonds is 7. The number of nitrogens with one attached hydrogen (secondary N) is 1. The van der Waals surface area contributed by atoms with Gasteiger partial charge < -0.3 is 23.9 Å². The maximum atomic E-state index is 12.7. The molecule has 1 saturated heterocycles. The van der Waals surface area contributed by atoms with E-state index in [4.69, 9.17) is 9.15 Å². The molecule has 0 radical (unpaired) electrons. The van der Waals surface area contributed by atoms with Crippen LogP contribution in [-0.2, 0) is 20.9 Å². The van der Waals surface area contributed by atoms with E-state index in [0.29, 0.717) is 47.9 Å². The van der Waals surface area contributed by atoms with Gasteiger partial charge in [0, 0.05) is 18.8 Å². The normalized spacial score (nSPS) is 15.5. The number of ether oxygens (including phenoxy) is 1. The lowest BCUT2D eigenvalue weighted by molar-refractivity contribution is -0.152. The van der Waals surface area contributed by atoms with Gasteiger partial charge in [-0.2, -0.15) is 5.26 Å². The van der Waals surface area contributed by atoms with Gasteiger partial charge in [-0.25, -0.2) is 0 Å². The van der Waals surface area contributed by atoms with E-state index in [9.17, 15) is 19.6 Å². The number of amides is 2. The van der Waals surface area contributed by atoms with E-state index in [2.05, 4.69) is 11.4 Å². The van der Waals surface area contributed by atoms with E-state index in [1.807, 2.05) is 31.4 Å². The molecule has 1 atom stereocenters. The van der Waals surface area contributed by atoms with Crippen LogP contribution in [0.25, 0.3) is 0 Å². The van der Waals surface area contributed by atoms with Gasteiger partial charge in [-0.15, -0.1) is 11.3 Å². The van der Waals surface area contributed by atoms with E-state index in [0.717, 1.165) is 11.3 Å². The minimum atomic E-state index is -0.546. The molecule has 0 aliphatic carbocycles. The smallest absolute Gasteiger partial charge is 0.311 e. The van der Waals surface area contributed by atoms with Crippen LogP contribution in [0, 0.1) is 31.1 Å². The van der Waals surface area contributed by atoms with Gasteiger partial charge in [-0.3, -0.25) is 14.4 Å². The molecule has 0 aromatic carbocycles. The molecule has 3 aromatic heterocycles. The molecular weight excluding hydrogens is 468 g/mol. The third-order valence-electron chi connectivity index (χ3n) is 6.21. The number of thiophene rings is 1. The highest BCUT2D eigenvalue weighted by Crippen LogP contribution is 2.27. The number of nitriles is 1. The summed E-state index contributed by atoms with van der Waals surface area (Å²) in [5, 5.41) is 14.2. The Kier molecular flexibility index (Phi) is 7.36. The molecule has 3 aromatic rings. The number of carbonyl (C=O) groups is 3. The summed E-state index contributed by atoms with van der Waals surface area (Å²) in [4.78, 5) is 40.2. The molecule has 4 heterocycles. The van der Waals surface area contributed by atoms with Gasteiger partial charge in [-0.05, 0) is 55.8 Å². The molecule has 4 rings (SSSR count). The van der Waals surface area contributed by atoms with E-state index in [1.165, 1.54) is 11.3 Å². The number of hydrogen-bond donors (Lipinski definition) is 1. The topological polar surface area (TPSA) is 118 Å². The number of piperidine rings is 1. The predicted molar refractivity (Wildman–Crippen MR) is 129 cm³/mol. The predicted octanol–water partition coefficient (Wildman–Crippen LogP) is 3.71. The van der Waals surface area contributed by atoms with Gasteiger partial charge >= 0.3 is 5.97 Å². The van der Waals surface area contributed by atoms with Crippen LogP contribution in [0.4, 0.5) is 5.82 Å². The maximum Gasteiger partial charge on any atom is 0.311 e. The molecule has 1 unspecified atom stereocenters. The summed E-state index contributed by atoms with van der Waals surface area (Å²) in [5.74, 6) is -0.624. The number of aromatic nitrogens is 1. The number of carbonyl (C=O) groups excluding carboxylic acids is 3. The monoisotopic (exact) mass is 494 g/mol. The zero-order valence-corrected chi connectivity index (χ0v) is 20.4. The average Bonchev–Trinajstić information content (AvgIpc) is 3.62. The zero-order valence-electron chi connectivity index (χ0n) is 19.6. The molecule has 35 heavy (non-hydrogen) atoms. The minimum Gasteiger partial charge on any atom is -0.467 e. The van der Waals surface area contributed by atoms with Crippen molar-refractivity contribution >= 4 is 34.9 Å². The molecule has 9 nitrogen and oxygen atoms in total. The third-order valence-corrected chi connectivity index (χ3v) is 7.07. The quantitative estimate of drug-likeness (QED) is 0.500. The molecular formula is C25H26N4O5S. The SMILES string of the molecule is Cc1c(C#N)c(NC(=O)COC(=O)C2CCCN(C(=O)c3cccs3)C2)n(Cc2ccco2)c1C. The molecule has 0 saturated carbocycles. The van der Waals surface area contributed by atoms with Crippen molar-refractivity contribution in [3.63, 3.8) is 0 Å². The summed E-state index contributed by atoms with van der Waals surface area (Å²) >= 11 is 1.37. The molecule has 2 amide bonds. The molecule has 1 fully saturated rings. The Hall–Kier alpha value is -3.84. The highest BCUT2D eigenvalue weighted by atomic mass is 32.1. The Morgan fingerprint density at radius 2 is 2.11 bits per heavy atom. The van der Waals surface area contributed by atoms with Gasteiger partial charge in [0.05, 0.1) is 29.2 Å². The van der Waals surface area contributed by atoms with Gasteiger partial charge in [0.2, 0.25) is 0 Å². The Morgan fingerprint density at radius 3 is 2.80 bits per heavy atom. The second-order valence-corrected chi connectivity index (χ2v) is 9.38. The van der Waals surface area contributed by atoms with Crippen LogP contribution < -0.4 is 5.32 Å². The first-order valence-corrected chi connectivity index (χ1v) is 12.2. The van der Waals surface area contributed by atoms with Crippen LogP contribution in [0.2, 0.25) is 0 Å². The molecule has 1 aliphatic heterocycles. The van der Waals surface area contributed by atoms with Crippen molar-refractivity contribution in [2.24, 2.45) is 5.92 Å². The lowest BCUT2D eigenvalue weighted by Crippen LogP contribution is -2.43. The van der Waals surface area contributed by atoms with Gasteiger partial charge in [-0.1, -0.05) is 6.07 Å². The van der Waals surface area contributed by atoms with Crippen molar-refractivity contribution in [2.45, 2.75) is 33.2 Å². The number of hydrogen-bond acceptors (Lipinski definition) is 7. The molecule has 1 N–H and O–H groups in total. The van der Waals surface area contributed by atoms with Crippen molar-refractivity contribution in [3.05, 3.63) is 63.4 Å². The van der Waals surface area contributed by atoms with Crippen molar-refractivity contribution in [1.29, 1.82) is 5.26 Å². The van der Waals surface area contributed by atoms with Crippen molar-refractivity contribution in [3.8, 4) is 6.07 Å². The van der Waals surface area contributed by atoms with E-state index >= 15 is 0 Å². The van der Waals surface area contributed by atoms with Crippen molar-refractivity contribution in [1.82, 2.24) is 9.47 Å². The Morgan fingerprint density at radius 1 is 1.29 bits per heavy atom. The van der Waals surface area contributed by atoms with Gasteiger partial charge in [0.25, 0.3) is 11.8 Å². The van der Waals surface area contributed by atoms with Crippen LogP contribution >= 0.6 is 11.3 Å². The van der Waals surface area contributed by atoms with E-state index < -0.39 is 24.4 Å². The van der Waals surface area contributed by atoms with Crippen molar-refractivity contribution < 1.29 is 23.5 Å². The standard InChI is InChI=1S/C25H26N4O5S/c1-16-17(2)29(14-19-7-4-10-33-19)23(20(16)12-26)27-22(30)15-34-25(32)18-6-3-9-28(13-18)24(31)21-8-5-11-35-21/h4-5,7-8,10-11,18H,3,6,9,13-15H2,1-2H3,(H,27,30). The highest BCUT2D eigenvalue weighted by Gasteiger charge is 2.31. The Bertz CT molecular complexity index is 1250. The summed E-state index contributed by atoms with van der Waals surface area (Å²) in [6.45, 7) is 4.38. The van der Waals surface area contributed by atoms with Crippen molar-refractivity contribution in [2.75, 3.05) is 25.0 Å². The second kappa shape index (κ2) is 10.6. The zero-order chi connectivity index (χ0) is 24.9. The third kappa shape index (κ3) is 5.30. The minimum absolute atomic E-state index is 0.0951. The van der Waals surface area contributed by atoms with Crippen LogP contribution in [0.3, 0.4) is 0 Å². The molecule has 182 valence electrons. The number of likely N-dealkylation sites (tertiary alicyclic amines) is 1. The van der Waals surface area contributed by atoms with Crippen LogP contribution in [0.1, 0.15) is 45.1 Å². The summed E-state index contributed by atoms with van der Waals surface area (Å²) in [7, 11) is 0. The average molecular weight is 495 g/mol. The van der Waals surface area contributed by atoms with Gasteiger partial charge in [0.1, 0.15) is 17.6 Å². The fourth-order valence-corrected chi connectivity index (χ4v) is 4.91. The fraction of sp³-hybridized carbons (Fsp3) is 0.360. The summed E-state index contributed by atoms with van der Waals surface area (Å²) in [5.41, 5.74) is 1.93. The second-order valence-electron chi connectivity index (χ2n) is 8.43. The molecule has 10 heteroatoms. The molecule has 1 aliphatic rings. The first-order chi connectivity index (χ1) is 16.9. The first-order valence-electron chi connectivity index (χ1n) is 11.3. The first kappa shape index (κ1) is 24.3. The summed E-state index contributed by atoms with van der Waals surface area (Å²) < 4.78 is 12.5. The summed E-state index contributed by atoms with van der Waals surface area (Å²) in [6, 6.07) is 9.30. The lowest BCUT2D eigenvalue weighted by Gasteiger charge is -2.31. The van der Waals surface area contributed by atoms with Crippen LogP contribution in [-0.4, -0.2) is 46.9 Å². The molecule has 0 spiro atoms. The van der Waals surface area contributed by atoms with E-state index in [-0.39, 0.29) is 12.5 Å². The maximum absolute atomic E-state index is 12.7. The fourth-order valence-electron chi connectivity index (χ4n) is 4.22. The number of esters is 1. The Balaban J connectivity index is 1.38. The van der Waals surface area contributed by atoms with Gasteiger partial charge in [0.15, 0.2) is 6.61 Å². The van der Waals surface area contributed by atoms with E-state index in [1.54, 1.807) is 27.9 Å².